The van der Waals surface area contributed by atoms with Crippen LogP contribution < -0.4 is 27.0 Å². The second kappa shape index (κ2) is 15.9. The maximum atomic E-state index is 13.1. The van der Waals surface area contributed by atoms with Gasteiger partial charge >= 0.3 is 0 Å². The summed E-state index contributed by atoms with van der Waals surface area (Å²) in [5, 5.41) is 18.2. The van der Waals surface area contributed by atoms with Gasteiger partial charge in [-0.3, -0.25) is 28.8 Å². The standard InChI is InChI=1S/C32H36ClN9O5S/c1-40-18-22(15-25(40)30(44)36-12-10-28(34)35)38-32(46)27-16-23(19-42(27)3)39-31(45)26-14-21(17-41(26)2)37-29(43)9-6-20-4-7-24(8-5-20)48(47)13-11-33/h4-9,14-19H,10-13H2,1-3H3,(H3,34,35)(H,36,44)(H,37,43)(H,38,46)(H,39,45)/b9-6+. The predicted octanol–water partition coefficient (Wildman–Crippen LogP) is 3.26. The molecule has 0 aliphatic carbocycles. The molecule has 0 spiro atoms. The van der Waals surface area contributed by atoms with Gasteiger partial charge in [-0.1, -0.05) is 12.1 Å². The van der Waals surface area contributed by atoms with Crippen LogP contribution in [0.2, 0.25) is 0 Å². The third-order valence-corrected chi connectivity index (χ3v) is 8.79. The number of nitrogens with zero attached hydrogens (tertiary/aromatic N) is 3. The molecular formula is C32H36ClN9O5S. The molecule has 3 aromatic heterocycles. The SMILES string of the molecule is Cn1cc(NC(=O)c2cc(NC(=O)c3cc(NC(=O)/C=C/c4ccc(S(=O)CCCl)cc4)cn3C)cn2C)cc1C(=O)NCCC(=N)N. The number of hydrogen-bond donors (Lipinski definition) is 6. The first kappa shape index (κ1) is 35.4. The minimum Gasteiger partial charge on any atom is -0.388 e. The van der Waals surface area contributed by atoms with Crippen LogP contribution >= 0.6 is 11.6 Å². The minimum absolute atomic E-state index is 0.0330. The molecular weight excluding hydrogens is 658 g/mol. The lowest BCUT2D eigenvalue weighted by Crippen LogP contribution is -2.28. The van der Waals surface area contributed by atoms with Crippen LogP contribution in [0.5, 0.6) is 0 Å². The number of rotatable bonds is 14. The molecule has 3 heterocycles. The number of aromatic nitrogens is 3. The zero-order valence-corrected chi connectivity index (χ0v) is 28.1. The molecule has 0 radical (unpaired) electrons. The lowest BCUT2D eigenvalue weighted by atomic mass is 10.2. The summed E-state index contributed by atoms with van der Waals surface area (Å²) in [5.41, 5.74) is 8.09. The fourth-order valence-corrected chi connectivity index (χ4v) is 5.88. The van der Waals surface area contributed by atoms with Crippen molar-refractivity contribution in [1.82, 2.24) is 19.0 Å². The van der Waals surface area contributed by atoms with Crippen molar-refractivity contribution < 1.29 is 23.4 Å². The number of alkyl halides is 1. The van der Waals surface area contributed by atoms with E-state index in [-0.39, 0.29) is 36.1 Å². The molecule has 1 unspecified atom stereocenters. The first-order valence-electron chi connectivity index (χ1n) is 14.6. The Morgan fingerprint density at radius 2 is 1.29 bits per heavy atom. The van der Waals surface area contributed by atoms with Gasteiger partial charge in [-0.25, -0.2) is 0 Å². The van der Waals surface area contributed by atoms with E-state index in [1.807, 2.05) is 0 Å². The summed E-state index contributed by atoms with van der Waals surface area (Å²) in [6.45, 7) is 0.215. The maximum absolute atomic E-state index is 13.1. The number of nitrogens with one attached hydrogen (secondary N) is 5. The quantitative estimate of drug-likeness (QED) is 0.0507. The lowest BCUT2D eigenvalue weighted by Gasteiger charge is -2.04. The van der Waals surface area contributed by atoms with Crippen LogP contribution in [-0.2, 0) is 36.7 Å². The number of carbonyl (C=O) groups is 4. The number of amidine groups is 1. The number of carbonyl (C=O) groups excluding carboxylic acids is 4. The number of aryl methyl sites for hydroxylation is 3. The Morgan fingerprint density at radius 1 is 0.812 bits per heavy atom. The molecule has 0 aliphatic rings. The molecule has 1 atom stereocenters. The average molecular weight is 694 g/mol. The van der Waals surface area contributed by atoms with Crippen molar-refractivity contribution in [3.8, 4) is 0 Å². The van der Waals surface area contributed by atoms with E-state index in [1.165, 1.54) is 24.3 Å². The predicted molar refractivity (Wildman–Crippen MR) is 187 cm³/mol. The molecule has 4 amide bonds. The highest BCUT2D eigenvalue weighted by atomic mass is 35.5. The summed E-state index contributed by atoms with van der Waals surface area (Å²) in [6.07, 6.45) is 7.99. The van der Waals surface area contributed by atoms with Crippen molar-refractivity contribution in [2.45, 2.75) is 11.3 Å². The van der Waals surface area contributed by atoms with Gasteiger partial charge in [-0.15, -0.1) is 11.6 Å². The monoisotopic (exact) mass is 693 g/mol. The maximum Gasteiger partial charge on any atom is 0.272 e. The Morgan fingerprint density at radius 3 is 1.77 bits per heavy atom. The Kier molecular flexibility index (Phi) is 11.8. The number of anilines is 3. The van der Waals surface area contributed by atoms with Gasteiger partial charge in [-0.2, -0.15) is 0 Å². The second-order valence-electron chi connectivity index (χ2n) is 10.7. The van der Waals surface area contributed by atoms with E-state index in [9.17, 15) is 23.4 Å². The topological polar surface area (TPSA) is 198 Å². The van der Waals surface area contributed by atoms with Crippen LogP contribution in [0.3, 0.4) is 0 Å². The number of hydrogen-bond acceptors (Lipinski definition) is 6. The van der Waals surface area contributed by atoms with Crippen LogP contribution in [0.4, 0.5) is 17.1 Å². The number of amides is 4. The Labute approximate surface area is 284 Å². The van der Waals surface area contributed by atoms with Crippen LogP contribution in [0.25, 0.3) is 6.08 Å². The summed E-state index contributed by atoms with van der Waals surface area (Å²) in [4.78, 5) is 51.8. The number of halogens is 1. The van der Waals surface area contributed by atoms with E-state index in [1.54, 1.807) is 83.8 Å². The highest BCUT2D eigenvalue weighted by Crippen LogP contribution is 2.20. The molecule has 48 heavy (non-hydrogen) atoms. The molecule has 0 bridgehead atoms. The molecule has 14 nitrogen and oxygen atoms in total. The van der Waals surface area contributed by atoms with E-state index in [4.69, 9.17) is 22.7 Å². The second-order valence-corrected chi connectivity index (χ2v) is 12.7. The third-order valence-electron chi connectivity index (χ3n) is 7.01. The molecule has 252 valence electrons. The van der Waals surface area contributed by atoms with Crippen molar-refractivity contribution in [2.24, 2.45) is 26.9 Å². The fourth-order valence-electron chi connectivity index (χ4n) is 4.64. The molecule has 0 fully saturated rings. The Hall–Kier alpha value is -5.41. The minimum atomic E-state index is -1.17. The van der Waals surface area contributed by atoms with E-state index in [0.717, 1.165) is 5.56 Å². The largest absolute Gasteiger partial charge is 0.388 e. The first-order chi connectivity index (χ1) is 22.8. The molecule has 0 saturated heterocycles. The summed E-state index contributed by atoms with van der Waals surface area (Å²) in [5.74, 6) is -1.05. The number of benzene rings is 1. The zero-order chi connectivity index (χ0) is 35.0. The van der Waals surface area contributed by atoms with E-state index >= 15 is 0 Å². The van der Waals surface area contributed by atoms with Crippen LogP contribution in [0.15, 0.2) is 72.0 Å². The van der Waals surface area contributed by atoms with Crippen molar-refractivity contribution in [1.29, 1.82) is 5.41 Å². The van der Waals surface area contributed by atoms with Gasteiger partial charge in [0.05, 0.1) is 33.7 Å². The third kappa shape index (κ3) is 9.33. The van der Waals surface area contributed by atoms with Gasteiger partial charge < -0.3 is 40.7 Å². The summed E-state index contributed by atoms with van der Waals surface area (Å²) in [6, 6.07) is 11.5. The van der Waals surface area contributed by atoms with Gasteiger partial charge in [0, 0.05) is 75.3 Å². The number of nitrogens with two attached hydrogens (primary N) is 1. The Bertz CT molecular complexity index is 1910. The molecule has 0 aliphatic heterocycles. The molecule has 0 saturated carbocycles. The van der Waals surface area contributed by atoms with E-state index < -0.39 is 28.5 Å². The summed E-state index contributed by atoms with van der Waals surface area (Å²) in [7, 11) is 3.82. The molecule has 4 rings (SSSR count). The van der Waals surface area contributed by atoms with Gasteiger partial charge in [-0.05, 0) is 42.0 Å². The van der Waals surface area contributed by atoms with E-state index in [0.29, 0.717) is 39.3 Å². The van der Waals surface area contributed by atoms with Crippen molar-refractivity contribution in [3.63, 3.8) is 0 Å². The highest BCUT2D eigenvalue weighted by Gasteiger charge is 2.19. The van der Waals surface area contributed by atoms with Crippen molar-refractivity contribution in [2.75, 3.05) is 34.1 Å². The summed E-state index contributed by atoms with van der Waals surface area (Å²) >= 11 is 5.66. The zero-order valence-electron chi connectivity index (χ0n) is 26.5. The van der Waals surface area contributed by atoms with Crippen LogP contribution in [0.1, 0.15) is 43.4 Å². The normalized spacial score (nSPS) is 11.7. The molecule has 7 N–H and O–H groups in total. The van der Waals surface area contributed by atoms with Crippen molar-refractivity contribution in [3.05, 3.63) is 89.8 Å². The Balaban J connectivity index is 1.34. The van der Waals surface area contributed by atoms with Crippen LogP contribution in [-0.4, -0.2) is 65.6 Å². The highest BCUT2D eigenvalue weighted by molar-refractivity contribution is 7.85. The van der Waals surface area contributed by atoms with Gasteiger partial charge in [0.1, 0.15) is 17.1 Å². The lowest BCUT2D eigenvalue weighted by molar-refractivity contribution is -0.111. The first-order valence-corrected chi connectivity index (χ1v) is 16.5. The molecule has 4 aromatic rings. The van der Waals surface area contributed by atoms with Gasteiger partial charge in [0.25, 0.3) is 17.7 Å². The van der Waals surface area contributed by atoms with Gasteiger partial charge in [0.15, 0.2) is 0 Å². The summed E-state index contributed by atoms with van der Waals surface area (Å²) < 4.78 is 16.7. The van der Waals surface area contributed by atoms with E-state index in [2.05, 4.69) is 21.3 Å². The molecule has 1 aromatic carbocycles. The van der Waals surface area contributed by atoms with Gasteiger partial charge in [0.2, 0.25) is 5.91 Å². The smallest absolute Gasteiger partial charge is 0.272 e. The molecule has 16 heteroatoms. The average Bonchev–Trinajstić information content (AvgIpc) is 3.71. The fraction of sp³-hybridized carbons (Fsp3) is 0.219. The van der Waals surface area contributed by atoms with Crippen LogP contribution in [0, 0.1) is 5.41 Å². The van der Waals surface area contributed by atoms with Crippen molar-refractivity contribution >= 4 is 75.0 Å².